The van der Waals surface area contributed by atoms with Crippen molar-refractivity contribution in [2.75, 3.05) is 34.9 Å². The molecule has 27 heavy (non-hydrogen) atoms. The molecule has 0 heterocycles. The zero-order chi connectivity index (χ0) is 19.6. The van der Waals surface area contributed by atoms with Crippen LogP contribution in [0, 0.1) is 0 Å². The van der Waals surface area contributed by atoms with Crippen LogP contribution in [0.1, 0.15) is 15.9 Å². The highest BCUT2D eigenvalue weighted by Crippen LogP contribution is 2.38. The summed E-state index contributed by atoms with van der Waals surface area (Å²) in [6.07, 6.45) is 0.764. The lowest BCUT2D eigenvalue weighted by molar-refractivity contribution is -0.139. The van der Waals surface area contributed by atoms with Crippen molar-refractivity contribution in [3.63, 3.8) is 0 Å². The van der Waals surface area contributed by atoms with E-state index in [0.29, 0.717) is 28.2 Å². The molecule has 0 spiro atoms. The summed E-state index contributed by atoms with van der Waals surface area (Å²) >= 11 is 0. The summed E-state index contributed by atoms with van der Waals surface area (Å²) in [5, 5.41) is 0. The maximum atomic E-state index is 11.9. The third-order valence-electron chi connectivity index (χ3n) is 3.71. The molecule has 0 aliphatic heterocycles. The van der Waals surface area contributed by atoms with Gasteiger partial charge < -0.3 is 23.7 Å². The van der Waals surface area contributed by atoms with Crippen molar-refractivity contribution in [2.45, 2.75) is 6.42 Å². The number of aldehydes is 1. The minimum atomic E-state index is -0.413. The van der Waals surface area contributed by atoms with Crippen LogP contribution < -0.4 is 9.47 Å². The zero-order valence-corrected chi connectivity index (χ0v) is 15.5. The summed E-state index contributed by atoms with van der Waals surface area (Å²) < 4.78 is 26.0. The number of hydrogen-bond donors (Lipinski definition) is 0. The Bertz CT molecular complexity index is 786. The molecule has 0 fully saturated rings. The van der Waals surface area contributed by atoms with Crippen LogP contribution in [0.5, 0.6) is 11.5 Å². The van der Waals surface area contributed by atoms with Crippen LogP contribution >= 0.6 is 0 Å². The largest absolute Gasteiger partial charge is 0.469 e. The first-order valence-electron chi connectivity index (χ1n) is 8.15. The number of carbonyl (C=O) groups excluding carboxylic acids is 2. The third-order valence-corrected chi connectivity index (χ3v) is 3.71. The van der Waals surface area contributed by atoms with Crippen LogP contribution in [0.25, 0.3) is 11.1 Å². The van der Waals surface area contributed by atoms with Gasteiger partial charge in [-0.15, -0.1) is 0 Å². The number of carbonyl (C=O) groups is 2. The minimum Gasteiger partial charge on any atom is -0.469 e. The number of esters is 1. The molecule has 0 bridgehead atoms. The molecule has 0 saturated carbocycles. The molecule has 0 amide bonds. The second kappa shape index (κ2) is 10.3. The van der Waals surface area contributed by atoms with E-state index >= 15 is 0 Å². The second-order valence-corrected chi connectivity index (χ2v) is 5.55. The number of rotatable bonds is 10. The first-order chi connectivity index (χ1) is 13.1. The van der Waals surface area contributed by atoms with Crippen LogP contribution in [-0.4, -0.2) is 47.2 Å². The van der Waals surface area contributed by atoms with E-state index in [1.165, 1.54) is 21.3 Å². The van der Waals surface area contributed by atoms with Gasteiger partial charge in [0.25, 0.3) is 0 Å². The third kappa shape index (κ3) is 5.54. The molecule has 0 unspecified atom stereocenters. The van der Waals surface area contributed by atoms with Crippen molar-refractivity contribution >= 4 is 12.3 Å². The quantitative estimate of drug-likeness (QED) is 0.359. The predicted molar refractivity (Wildman–Crippen MR) is 98.0 cm³/mol. The minimum absolute atomic E-state index is 0.00464. The van der Waals surface area contributed by atoms with E-state index in [2.05, 4.69) is 0 Å². The van der Waals surface area contributed by atoms with E-state index < -0.39 is 5.97 Å². The molecule has 0 saturated heterocycles. The predicted octanol–water partition coefficient (Wildman–Crippen LogP) is 2.85. The van der Waals surface area contributed by atoms with Crippen molar-refractivity contribution < 1.29 is 33.3 Å². The lowest BCUT2D eigenvalue weighted by Crippen LogP contribution is -2.09. The molecule has 0 radical (unpaired) electrons. The molecule has 2 aromatic rings. The first kappa shape index (κ1) is 20.4. The van der Waals surface area contributed by atoms with E-state index in [1.54, 1.807) is 30.3 Å². The van der Waals surface area contributed by atoms with Crippen molar-refractivity contribution in [1.82, 2.24) is 0 Å². The highest BCUT2D eigenvalue weighted by atomic mass is 16.7. The summed E-state index contributed by atoms with van der Waals surface area (Å²) in [7, 11) is 4.34. The van der Waals surface area contributed by atoms with E-state index in [1.807, 2.05) is 6.07 Å². The Morgan fingerprint density at radius 2 is 1.74 bits per heavy atom. The van der Waals surface area contributed by atoms with Crippen LogP contribution in [0.4, 0.5) is 0 Å². The van der Waals surface area contributed by atoms with Crippen LogP contribution in [-0.2, 0) is 25.4 Å². The van der Waals surface area contributed by atoms with Gasteiger partial charge in [-0.25, -0.2) is 0 Å². The summed E-state index contributed by atoms with van der Waals surface area (Å²) in [5.41, 5.74) is 2.52. The molecule has 144 valence electrons. The number of benzene rings is 2. The van der Waals surface area contributed by atoms with Gasteiger partial charge in [0.05, 0.1) is 13.5 Å². The van der Waals surface area contributed by atoms with Crippen molar-refractivity contribution in [1.29, 1.82) is 0 Å². The fourth-order valence-electron chi connectivity index (χ4n) is 2.55. The average molecular weight is 374 g/mol. The van der Waals surface area contributed by atoms with E-state index in [4.69, 9.17) is 23.7 Å². The highest BCUT2D eigenvalue weighted by Gasteiger charge is 2.18. The number of methoxy groups -OCH3 is 3. The van der Waals surface area contributed by atoms with Crippen molar-refractivity contribution in [2.24, 2.45) is 0 Å². The molecule has 0 N–H and O–H groups in total. The molecule has 0 aromatic heterocycles. The molecular formula is C20H22O7. The van der Waals surface area contributed by atoms with Gasteiger partial charge in [-0.2, -0.15) is 0 Å². The van der Waals surface area contributed by atoms with Gasteiger partial charge in [-0.3, -0.25) is 9.59 Å². The van der Waals surface area contributed by atoms with Gasteiger partial charge in [-0.05, 0) is 23.3 Å². The Hall–Kier alpha value is -2.90. The van der Waals surface area contributed by atoms with E-state index in [9.17, 15) is 9.59 Å². The van der Waals surface area contributed by atoms with Crippen LogP contribution in [0.3, 0.4) is 0 Å². The average Bonchev–Trinajstić information content (AvgIpc) is 2.70. The van der Waals surface area contributed by atoms with Crippen molar-refractivity contribution in [3.05, 3.63) is 47.5 Å². The SMILES string of the molecule is COCOc1cc(CC(=O)OC)c(-c2cccc(C=O)c2)c(OCOC)c1. The Morgan fingerprint density at radius 3 is 2.41 bits per heavy atom. The molecular weight excluding hydrogens is 352 g/mol. The Labute approximate surface area is 157 Å². The Balaban J connectivity index is 2.62. The Kier molecular flexibility index (Phi) is 7.79. The standard InChI is InChI=1S/C20H22O7/c1-23-12-26-17-8-16(9-19(22)25-3)20(18(10-17)27-13-24-2)15-6-4-5-14(7-15)11-21/h4-8,10-11H,9,12-13H2,1-3H3. The lowest BCUT2D eigenvalue weighted by Gasteiger charge is -2.18. The lowest BCUT2D eigenvalue weighted by atomic mass is 9.95. The fraction of sp³-hybridized carbons (Fsp3) is 0.300. The van der Waals surface area contributed by atoms with Gasteiger partial charge in [0.1, 0.15) is 17.8 Å². The van der Waals surface area contributed by atoms with E-state index in [-0.39, 0.29) is 20.0 Å². The molecule has 7 nitrogen and oxygen atoms in total. The van der Waals surface area contributed by atoms with Gasteiger partial charge in [0.2, 0.25) is 0 Å². The van der Waals surface area contributed by atoms with E-state index in [0.717, 1.165) is 11.8 Å². The molecule has 0 atom stereocenters. The summed E-state index contributed by atoms with van der Waals surface area (Å²) in [5.74, 6) is 0.508. The first-order valence-corrected chi connectivity index (χ1v) is 8.15. The second-order valence-electron chi connectivity index (χ2n) is 5.55. The maximum Gasteiger partial charge on any atom is 0.310 e. The molecule has 0 aliphatic carbocycles. The van der Waals surface area contributed by atoms with Crippen LogP contribution in [0.15, 0.2) is 36.4 Å². The summed E-state index contributed by atoms with van der Waals surface area (Å²) in [6.45, 7) is 0.0487. The summed E-state index contributed by atoms with van der Waals surface area (Å²) in [6, 6.07) is 10.4. The number of hydrogen-bond acceptors (Lipinski definition) is 7. The topological polar surface area (TPSA) is 80.3 Å². The molecule has 2 rings (SSSR count). The molecule has 7 heteroatoms. The maximum absolute atomic E-state index is 11.9. The zero-order valence-electron chi connectivity index (χ0n) is 15.5. The monoisotopic (exact) mass is 374 g/mol. The molecule has 2 aromatic carbocycles. The number of ether oxygens (including phenoxy) is 5. The van der Waals surface area contributed by atoms with Crippen molar-refractivity contribution in [3.8, 4) is 22.6 Å². The highest BCUT2D eigenvalue weighted by molar-refractivity contribution is 5.84. The normalized spacial score (nSPS) is 10.3. The smallest absolute Gasteiger partial charge is 0.310 e. The van der Waals surface area contributed by atoms with Gasteiger partial charge in [0, 0.05) is 31.4 Å². The fourth-order valence-corrected chi connectivity index (χ4v) is 2.55. The summed E-state index contributed by atoms with van der Waals surface area (Å²) in [4.78, 5) is 23.1. The molecule has 0 aliphatic rings. The Morgan fingerprint density at radius 1 is 1.00 bits per heavy atom. The van der Waals surface area contributed by atoms with Crippen LogP contribution in [0.2, 0.25) is 0 Å². The van der Waals surface area contributed by atoms with Gasteiger partial charge >= 0.3 is 5.97 Å². The van der Waals surface area contributed by atoms with Gasteiger partial charge in [-0.1, -0.05) is 18.2 Å². The van der Waals surface area contributed by atoms with Gasteiger partial charge in [0.15, 0.2) is 13.6 Å².